The van der Waals surface area contributed by atoms with Crippen molar-refractivity contribution >= 4 is 22.6 Å². The minimum Gasteiger partial charge on any atom is -0.322 e. The van der Waals surface area contributed by atoms with Gasteiger partial charge < -0.3 is 5.32 Å². The number of hydrogen-bond donors (Lipinski definition) is 1. The molecule has 0 aliphatic rings. The Morgan fingerprint density at radius 2 is 1.83 bits per heavy atom. The van der Waals surface area contributed by atoms with Crippen LogP contribution in [0, 0.1) is 19.7 Å². The summed E-state index contributed by atoms with van der Waals surface area (Å²) in [5.74, 6) is -0.831. The Balaban J connectivity index is 1.79. The lowest BCUT2D eigenvalue weighted by atomic mass is 10.1. The fourth-order valence-electron chi connectivity index (χ4n) is 3.36. The summed E-state index contributed by atoms with van der Waals surface area (Å²) in [5, 5.41) is 3.52. The maximum Gasteiger partial charge on any atom is 0.265 e. The quantitative estimate of drug-likeness (QED) is 0.549. The Kier molecular flexibility index (Phi) is 5.14. The summed E-state index contributed by atoms with van der Waals surface area (Å²) in [6, 6.07) is 16.6. The lowest BCUT2D eigenvalue weighted by Gasteiger charge is -2.14. The van der Waals surface area contributed by atoms with Gasteiger partial charge in [-0.3, -0.25) is 14.2 Å². The van der Waals surface area contributed by atoms with Crippen molar-refractivity contribution in [3.8, 4) is 0 Å². The van der Waals surface area contributed by atoms with Gasteiger partial charge in [-0.1, -0.05) is 24.3 Å². The van der Waals surface area contributed by atoms with Crippen LogP contribution in [0.5, 0.6) is 0 Å². The minimum absolute atomic E-state index is 0.0264. The SMILES string of the molecule is Cc1cccc(NC(=O)c2cc3cccnc3n(Cc3ccc(F)cc3)c2=O)c1C. The first-order valence-electron chi connectivity index (χ1n) is 9.54. The highest BCUT2D eigenvalue weighted by Crippen LogP contribution is 2.19. The third kappa shape index (κ3) is 3.72. The molecule has 2 aromatic carbocycles. The molecule has 0 radical (unpaired) electrons. The normalized spacial score (nSPS) is 10.9. The number of benzene rings is 2. The van der Waals surface area contributed by atoms with Crippen LogP contribution in [-0.2, 0) is 6.54 Å². The molecule has 5 nitrogen and oxygen atoms in total. The Hall–Kier alpha value is -3.80. The Bertz CT molecular complexity index is 1310. The van der Waals surface area contributed by atoms with Crippen LogP contribution in [0.25, 0.3) is 11.0 Å². The van der Waals surface area contributed by atoms with Gasteiger partial charge in [-0.15, -0.1) is 0 Å². The molecule has 6 heteroatoms. The van der Waals surface area contributed by atoms with Gasteiger partial charge in [-0.05, 0) is 66.9 Å². The van der Waals surface area contributed by atoms with E-state index in [-0.39, 0.29) is 17.9 Å². The molecule has 150 valence electrons. The summed E-state index contributed by atoms with van der Waals surface area (Å²) in [7, 11) is 0. The van der Waals surface area contributed by atoms with E-state index in [1.54, 1.807) is 42.6 Å². The van der Waals surface area contributed by atoms with Crippen molar-refractivity contribution in [1.82, 2.24) is 9.55 Å². The summed E-state index contributed by atoms with van der Waals surface area (Å²) in [6.07, 6.45) is 1.60. The van der Waals surface area contributed by atoms with Crippen LogP contribution in [0.2, 0.25) is 0 Å². The number of amides is 1. The van der Waals surface area contributed by atoms with E-state index in [0.29, 0.717) is 16.7 Å². The van der Waals surface area contributed by atoms with Crippen molar-refractivity contribution in [1.29, 1.82) is 0 Å². The molecule has 1 N–H and O–H groups in total. The Morgan fingerprint density at radius 3 is 2.60 bits per heavy atom. The second kappa shape index (κ2) is 7.91. The standard InChI is InChI=1S/C24H20FN3O2/c1-15-5-3-7-21(16(15)2)27-23(29)20-13-18-6-4-12-26-22(18)28(24(20)30)14-17-8-10-19(25)11-9-17/h3-13H,14H2,1-2H3,(H,27,29). The molecule has 0 unspecified atom stereocenters. The number of halogens is 1. The van der Waals surface area contributed by atoms with Crippen molar-refractivity contribution < 1.29 is 9.18 Å². The van der Waals surface area contributed by atoms with E-state index in [1.165, 1.54) is 16.7 Å². The predicted molar refractivity (Wildman–Crippen MR) is 115 cm³/mol. The van der Waals surface area contributed by atoms with Gasteiger partial charge in [0.15, 0.2) is 0 Å². The highest BCUT2D eigenvalue weighted by molar-refractivity contribution is 6.06. The van der Waals surface area contributed by atoms with Crippen molar-refractivity contribution in [2.75, 3.05) is 5.32 Å². The van der Waals surface area contributed by atoms with Gasteiger partial charge in [0.25, 0.3) is 11.5 Å². The molecule has 0 atom stereocenters. The number of fused-ring (bicyclic) bond motifs is 1. The van der Waals surface area contributed by atoms with Crippen molar-refractivity contribution in [3.63, 3.8) is 0 Å². The predicted octanol–water partition coefficient (Wildman–Crippen LogP) is 4.45. The number of nitrogens with zero attached hydrogens (tertiary/aromatic N) is 2. The average Bonchev–Trinajstić information content (AvgIpc) is 2.74. The molecule has 4 aromatic rings. The number of carbonyl (C=O) groups excluding carboxylic acids is 1. The first-order valence-corrected chi connectivity index (χ1v) is 9.54. The molecule has 0 bridgehead atoms. The summed E-state index contributed by atoms with van der Waals surface area (Å²) < 4.78 is 14.7. The maximum absolute atomic E-state index is 13.3. The summed E-state index contributed by atoms with van der Waals surface area (Å²) >= 11 is 0. The number of carbonyl (C=O) groups is 1. The zero-order chi connectivity index (χ0) is 21.3. The molecule has 0 saturated carbocycles. The number of aryl methyl sites for hydroxylation is 1. The van der Waals surface area contributed by atoms with Crippen LogP contribution in [0.15, 0.2) is 71.7 Å². The molecule has 0 fully saturated rings. The van der Waals surface area contributed by atoms with Gasteiger partial charge >= 0.3 is 0 Å². The first-order chi connectivity index (χ1) is 14.4. The van der Waals surface area contributed by atoms with E-state index >= 15 is 0 Å². The average molecular weight is 401 g/mol. The smallest absolute Gasteiger partial charge is 0.265 e. The largest absolute Gasteiger partial charge is 0.322 e. The van der Waals surface area contributed by atoms with E-state index in [1.807, 2.05) is 26.0 Å². The van der Waals surface area contributed by atoms with Crippen LogP contribution in [0.4, 0.5) is 10.1 Å². The third-order valence-corrected chi connectivity index (χ3v) is 5.20. The molecule has 2 heterocycles. The topological polar surface area (TPSA) is 64.0 Å². The lowest BCUT2D eigenvalue weighted by Crippen LogP contribution is -2.30. The molecular weight excluding hydrogens is 381 g/mol. The van der Waals surface area contributed by atoms with Gasteiger partial charge in [0.2, 0.25) is 0 Å². The fraction of sp³-hybridized carbons (Fsp3) is 0.125. The van der Waals surface area contributed by atoms with Crippen LogP contribution in [-0.4, -0.2) is 15.5 Å². The second-order valence-electron chi connectivity index (χ2n) is 7.19. The van der Waals surface area contributed by atoms with E-state index in [4.69, 9.17) is 0 Å². The van der Waals surface area contributed by atoms with Crippen LogP contribution >= 0.6 is 0 Å². The number of hydrogen-bond acceptors (Lipinski definition) is 3. The zero-order valence-electron chi connectivity index (χ0n) is 16.6. The number of nitrogens with one attached hydrogen (secondary N) is 1. The monoisotopic (exact) mass is 401 g/mol. The van der Waals surface area contributed by atoms with Gasteiger partial charge in [-0.25, -0.2) is 9.37 Å². The highest BCUT2D eigenvalue weighted by Gasteiger charge is 2.17. The number of pyridine rings is 2. The van der Waals surface area contributed by atoms with Gasteiger partial charge in [0, 0.05) is 17.3 Å². The highest BCUT2D eigenvalue weighted by atomic mass is 19.1. The van der Waals surface area contributed by atoms with E-state index in [9.17, 15) is 14.0 Å². The third-order valence-electron chi connectivity index (χ3n) is 5.20. The Morgan fingerprint density at radius 1 is 1.07 bits per heavy atom. The Labute approximate surface area is 172 Å². The number of aromatic nitrogens is 2. The van der Waals surface area contributed by atoms with Crippen LogP contribution in [0.3, 0.4) is 0 Å². The van der Waals surface area contributed by atoms with Gasteiger partial charge in [0.05, 0.1) is 6.54 Å². The summed E-state index contributed by atoms with van der Waals surface area (Å²) in [5.41, 5.74) is 3.43. The molecule has 30 heavy (non-hydrogen) atoms. The molecular formula is C24H20FN3O2. The van der Waals surface area contributed by atoms with Crippen molar-refractivity contribution in [3.05, 3.63) is 105 Å². The summed E-state index contributed by atoms with van der Waals surface area (Å²) in [6.45, 7) is 4.06. The van der Waals surface area contributed by atoms with E-state index < -0.39 is 11.5 Å². The number of rotatable bonds is 4. The molecule has 0 spiro atoms. The van der Waals surface area contributed by atoms with E-state index in [0.717, 1.165) is 16.7 Å². The molecule has 0 aliphatic carbocycles. The van der Waals surface area contributed by atoms with Crippen LogP contribution in [0.1, 0.15) is 27.0 Å². The first kappa shape index (κ1) is 19.5. The molecule has 1 amide bonds. The number of anilines is 1. The van der Waals surface area contributed by atoms with Crippen molar-refractivity contribution in [2.45, 2.75) is 20.4 Å². The lowest BCUT2D eigenvalue weighted by molar-refractivity contribution is 0.102. The van der Waals surface area contributed by atoms with E-state index in [2.05, 4.69) is 10.3 Å². The zero-order valence-corrected chi connectivity index (χ0v) is 16.6. The second-order valence-corrected chi connectivity index (χ2v) is 7.19. The maximum atomic E-state index is 13.3. The van der Waals surface area contributed by atoms with Gasteiger partial charge in [-0.2, -0.15) is 0 Å². The minimum atomic E-state index is -0.479. The molecule has 0 aliphatic heterocycles. The molecule has 2 aromatic heterocycles. The molecule has 0 saturated heterocycles. The van der Waals surface area contributed by atoms with Gasteiger partial charge in [0.1, 0.15) is 17.0 Å². The summed E-state index contributed by atoms with van der Waals surface area (Å²) in [4.78, 5) is 30.5. The van der Waals surface area contributed by atoms with Crippen molar-refractivity contribution in [2.24, 2.45) is 0 Å². The van der Waals surface area contributed by atoms with Crippen LogP contribution < -0.4 is 10.9 Å². The fourth-order valence-corrected chi connectivity index (χ4v) is 3.36. The molecule has 4 rings (SSSR count).